The Kier molecular flexibility index (Phi) is 3.11. The van der Waals surface area contributed by atoms with Crippen molar-refractivity contribution in [1.82, 2.24) is 10.1 Å². The molecule has 1 heterocycles. The van der Waals surface area contributed by atoms with Gasteiger partial charge in [0.05, 0.1) is 6.10 Å². The lowest BCUT2D eigenvalue weighted by Gasteiger charge is -2.26. The molecule has 94 valence electrons. The van der Waals surface area contributed by atoms with Crippen LogP contribution in [0.2, 0.25) is 0 Å². The highest BCUT2D eigenvalue weighted by atomic mass is 16.5. The minimum atomic E-state index is 0.265. The lowest BCUT2D eigenvalue weighted by molar-refractivity contribution is 0.00830. The zero-order valence-corrected chi connectivity index (χ0v) is 9.97. The molecule has 2 fully saturated rings. The van der Waals surface area contributed by atoms with Crippen LogP contribution in [0.1, 0.15) is 56.2 Å². The standard InChI is InChI=1S/C12H19N3O2/c13-9-2-1-3-10(6-9)16-7-11-14-12(17-15-11)8-4-5-8/h8-10H,1-7,13H2. The Balaban J connectivity index is 1.49. The van der Waals surface area contributed by atoms with E-state index in [9.17, 15) is 0 Å². The van der Waals surface area contributed by atoms with Crippen LogP contribution in [0.4, 0.5) is 0 Å². The number of hydrogen-bond acceptors (Lipinski definition) is 5. The van der Waals surface area contributed by atoms with E-state index < -0.39 is 0 Å². The van der Waals surface area contributed by atoms with Crippen LogP contribution < -0.4 is 5.73 Å². The van der Waals surface area contributed by atoms with E-state index >= 15 is 0 Å². The maximum atomic E-state index is 5.92. The maximum Gasteiger partial charge on any atom is 0.229 e. The average Bonchev–Trinajstić information content (AvgIpc) is 3.07. The van der Waals surface area contributed by atoms with Gasteiger partial charge in [-0.2, -0.15) is 4.98 Å². The first kappa shape index (κ1) is 11.2. The predicted molar refractivity (Wildman–Crippen MR) is 61.3 cm³/mol. The fraction of sp³-hybridized carbons (Fsp3) is 0.833. The van der Waals surface area contributed by atoms with Gasteiger partial charge in [-0.05, 0) is 38.5 Å². The molecule has 1 aromatic heterocycles. The fourth-order valence-electron chi connectivity index (χ4n) is 2.35. The van der Waals surface area contributed by atoms with Gasteiger partial charge in [0.1, 0.15) is 6.61 Å². The fourth-order valence-corrected chi connectivity index (χ4v) is 2.35. The van der Waals surface area contributed by atoms with Crippen molar-refractivity contribution in [2.24, 2.45) is 5.73 Å². The Hall–Kier alpha value is -0.940. The van der Waals surface area contributed by atoms with Crippen LogP contribution in [0.25, 0.3) is 0 Å². The molecule has 0 bridgehead atoms. The zero-order chi connectivity index (χ0) is 11.7. The van der Waals surface area contributed by atoms with Crippen LogP contribution in [0, 0.1) is 0 Å². The third kappa shape index (κ3) is 2.84. The zero-order valence-electron chi connectivity index (χ0n) is 9.97. The monoisotopic (exact) mass is 237 g/mol. The summed E-state index contributed by atoms with van der Waals surface area (Å²) in [6, 6.07) is 0.293. The van der Waals surface area contributed by atoms with E-state index in [0.29, 0.717) is 24.4 Å². The van der Waals surface area contributed by atoms with Crippen LogP contribution in [0.5, 0.6) is 0 Å². The number of aromatic nitrogens is 2. The number of ether oxygens (including phenoxy) is 1. The van der Waals surface area contributed by atoms with E-state index in [1.807, 2.05) is 0 Å². The van der Waals surface area contributed by atoms with Crippen molar-refractivity contribution in [1.29, 1.82) is 0 Å². The lowest BCUT2D eigenvalue weighted by atomic mass is 9.94. The van der Waals surface area contributed by atoms with Crippen molar-refractivity contribution in [3.63, 3.8) is 0 Å². The van der Waals surface area contributed by atoms with Crippen LogP contribution in [0.3, 0.4) is 0 Å². The molecule has 2 N–H and O–H groups in total. The van der Waals surface area contributed by atoms with Gasteiger partial charge in [0, 0.05) is 12.0 Å². The van der Waals surface area contributed by atoms with Crippen molar-refractivity contribution in [2.45, 2.75) is 63.2 Å². The average molecular weight is 237 g/mol. The second-order valence-corrected chi connectivity index (χ2v) is 5.18. The molecule has 0 aromatic carbocycles. The molecule has 0 amide bonds. The summed E-state index contributed by atoms with van der Waals surface area (Å²) in [7, 11) is 0. The van der Waals surface area contributed by atoms with E-state index in [-0.39, 0.29) is 6.10 Å². The summed E-state index contributed by atoms with van der Waals surface area (Å²) < 4.78 is 11.0. The normalized spacial score (nSPS) is 29.5. The van der Waals surface area contributed by atoms with Gasteiger partial charge < -0.3 is 15.0 Å². The smallest absolute Gasteiger partial charge is 0.229 e. The number of rotatable bonds is 4. The van der Waals surface area contributed by atoms with Crippen molar-refractivity contribution in [2.75, 3.05) is 0 Å². The molecule has 2 unspecified atom stereocenters. The summed E-state index contributed by atoms with van der Waals surface area (Å²) in [5.74, 6) is 1.97. The van der Waals surface area contributed by atoms with Gasteiger partial charge >= 0.3 is 0 Å². The van der Waals surface area contributed by atoms with Gasteiger partial charge in [-0.3, -0.25) is 0 Å². The van der Waals surface area contributed by atoms with Crippen LogP contribution in [0.15, 0.2) is 4.52 Å². The Morgan fingerprint density at radius 1 is 1.29 bits per heavy atom. The molecule has 0 radical (unpaired) electrons. The minimum Gasteiger partial charge on any atom is -0.370 e. The van der Waals surface area contributed by atoms with Crippen molar-refractivity contribution < 1.29 is 9.26 Å². The summed E-state index contributed by atoms with van der Waals surface area (Å²) >= 11 is 0. The van der Waals surface area contributed by atoms with E-state index in [4.69, 9.17) is 15.0 Å². The highest BCUT2D eigenvalue weighted by Gasteiger charge is 2.29. The van der Waals surface area contributed by atoms with Gasteiger partial charge in [-0.1, -0.05) is 5.16 Å². The second-order valence-electron chi connectivity index (χ2n) is 5.18. The topological polar surface area (TPSA) is 74.2 Å². The second kappa shape index (κ2) is 4.74. The van der Waals surface area contributed by atoms with Crippen molar-refractivity contribution >= 4 is 0 Å². The van der Waals surface area contributed by atoms with Gasteiger partial charge in [0.2, 0.25) is 5.89 Å². The SMILES string of the molecule is NC1CCCC(OCc2noc(C3CC3)n2)C1. The van der Waals surface area contributed by atoms with Gasteiger partial charge in [-0.25, -0.2) is 0 Å². The molecule has 3 rings (SSSR count). The third-order valence-corrected chi connectivity index (χ3v) is 3.53. The summed E-state index contributed by atoms with van der Waals surface area (Å²) in [5, 5.41) is 3.94. The Labute approximate surface area is 101 Å². The van der Waals surface area contributed by atoms with E-state index in [2.05, 4.69) is 10.1 Å². The van der Waals surface area contributed by atoms with E-state index in [1.165, 1.54) is 12.8 Å². The molecule has 2 saturated carbocycles. The first-order chi connectivity index (χ1) is 8.31. The molecule has 17 heavy (non-hydrogen) atoms. The highest BCUT2D eigenvalue weighted by Crippen LogP contribution is 2.38. The predicted octanol–water partition coefficient (Wildman–Crippen LogP) is 1.73. The van der Waals surface area contributed by atoms with Gasteiger partial charge in [-0.15, -0.1) is 0 Å². The molecule has 5 nitrogen and oxygen atoms in total. The molecule has 0 aliphatic heterocycles. The van der Waals surface area contributed by atoms with E-state index in [0.717, 1.165) is 31.6 Å². The number of nitrogens with two attached hydrogens (primary N) is 1. The Morgan fingerprint density at radius 3 is 2.94 bits per heavy atom. The molecular weight excluding hydrogens is 218 g/mol. The number of nitrogens with zero attached hydrogens (tertiary/aromatic N) is 2. The van der Waals surface area contributed by atoms with Gasteiger partial charge in [0.25, 0.3) is 0 Å². The maximum absolute atomic E-state index is 5.92. The van der Waals surface area contributed by atoms with Crippen molar-refractivity contribution in [3.05, 3.63) is 11.7 Å². The van der Waals surface area contributed by atoms with Crippen molar-refractivity contribution in [3.8, 4) is 0 Å². The van der Waals surface area contributed by atoms with Gasteiger partial charge in [0.15, 0.2) is 5.82 Å². The first-order valence-electron chi connectivity index (χ1n) is 6.51. The summed E-state index contributed by atoms with van der Waals surface area (Å²) in [5.41, 5.74) is 5.92. The molecule has 1 aromatic rings. The molecular formula is C12H19N3O2. The summed E-state index contributed by atoms with van der Waals surface area (Å²) in [4.78, 5) is 4.34. The largest absolute Gasteiger partial charge is 0.370 e. The first-order valence-corrected chi connectivity index (χ1v) is 6.51. The van der Waals surface area contributed by atoms with E-state index in [1.54, 1.807) is 0 Å². The molecule has 2 aliphatic carbocycles. The van der Waals surface area contributed by atoms with Crippen LogP contribution in [-0.2, 0) is 11.3 Å². The lowest BCUT2D eigenvalue weighted by Crippen LogP contribution is -2.32. The summed E-state index contributed by atoms with van der Waals surface area (Å²) in [6.07, 6.45) is 6.95. The molecule has 5 heteroatoms. The number of hydrogen-bond donors (Lipinski definition) is 1. The minimum absolute atomic E-state index is 0.265. The Bertz CT molecular complexity index is 376. The molecule has 0 spiro atoms. The quantitative estimate of drug-likeness (QED) is 0.863. The third-order valence-electron chi connectivity index (χ3n) is 3.53. The van der Waals surface area contributed by atoms with Crippen LogP contribution >= 0.6 is 0 Å². The molecule has 2 aliphatic rings. The highest BCUT2D eigenvalue weighted by molar-refractivity contribution is 5.01. The molecule has 0 saturated heterocycles. The Morgan fingerprint density at radius 2 is 2.18 bits per heavy atom. The van der Waals surface area contributed by atoms with Crippen LogP contribution in [-0.4, -0.2) is 22.3 Å². The molecule has 2 atom stereocenters. The summed E-state index contributed by atoms with van der Waals surface area (Å²) in [6.45, 7) is 0.452.